The summed E-state index contributed by atoms with van der Waals surface area (Å²) in [5.74, 6) is 0.602. The first-order valence-corrected chi connectivity index (χ1v) is 9.98. The minimum Gasteiger partial charge on any atom is -0.330 e. The molecule has 0 aliphatic heterocycles. The summed E-state index contributed by atoms with van der Waals surface area (Å²) >= 11 is 8.41. The number of aldehydes is 1. The van der Waals surface area contributed by atoms with E-state index in [0.29, 0.717) is 24.9 Å². The van der Waals surface area contributed by atoms with Crippen LogP contribution in [0.4, 0.5) is 0 Å². The van der Waals surface area contributed by atoms with Crippen molar-refractivity contribution in [2.24, 2.45) is 5.92 Å². The molecule has 136 valence electrons. The van der Waals surface area contributed by atoms with E-state index < -0.39 is 0 Å². The molecule has 6 heteroatoms. The van der Waals surface area contributed by atoms with Crippen molar-refractivity contribution in [3.8, 4) is 0 Å². The summed E-state index contributed by atoms with van der Waals surface area (Å²) in [5, 5.41) is 4.15. The van der Waals surface area contributed by atoms with Gasteiger partial charge in [-0.15, -0.1) is 0 Å². The zero-order valence-corrected chi connectivity index (χ0v) is 17.8. The van der Waals surface area contributed by atoms with Crippen molar-refractivity contribution in [3.63, 3.8) is 0 Å². The van der Waals surface area contributed by atoms with Crippen molar-refractivity contribution < 1.29 is 4.79 Å². The lowest BCUT2D eigenvalue weighted by atomic mass is 10.0. The summed E-state index contributed by atoms with van der Waals surface area (Å²) in [4.78, 5) is 15.8. The van der Waals surface area contributed by atoms with E-state index in [1.165, 1.54) is 0 Å². The summed E-state index contributed by atoms with van der Waals surface area (Å²) in [5.41, 5.74) is 2.16. The number of rotatable bonds is 9. The number of nitrogens with one attached hydrogen (secondary N) is 1. The maximum Gasteiger partial charge on any atom is 0.137 e. The molecule has 2 rings (SSSR count). The number of hydrogen-bond donors (Lipinski definition) is 1. The molecule has 2 aromatic rings. The maximum absolute atomic E-state index is 11.5. The van der Waals surface area contributed by atoms with Crippen molar-refractivity contribution in [1.29, 1.82) is 0 Å². The van der Waals surface area contributed by atoms with Crippen molar-refractivity contribution in [3.05, 3.63) is 50.6 Å². The van der Waals surface area contributed by atoms with Crippen LogP contribution in [0.1, 0.15) is 38.4 Å². The van der Waals surface area contributed by atoms with E-state index in [9.17, 15) is 4.79 Å². The molecule has 0 radical (unpaired) electrons. The topological polar surface area (TPSA) is 46.9 Å². The summed E-state index contributed by atoms with van der Waals surface area (Å²) in [6, 6.07) is 6.11. The first-order chi connectivity index (χ1) is 11.9. The molecular formula is C19H25ClIN3O. The highest BCUT2D eigenvalue weighted by molar-refractivity contribution is 14.1. The molecule has 0 unspecified atom stereocenters. The molecule has 0 saturated carbocycles. The quantitative estimate of drug-likeness (QED) is 0.436. The average Bonchev–Trinajstić information content (AvgIpc) is 2.91. The van der Waals surface area contributed by atoms with Crippen molar-refractivity contribution >= 4 is 40.5 Å². The van der Waals surface area contributed by atoms with Gasteiger partial charge in [0.1, 0.15) is 6.29 Å². The van der Waals surface area contributed by atoms with Gasteiger partial charge in [-0.25, -0.2) is 4.98 Å². The first-order valence-electron chi connectivity index (χ1n) is 8.52. The minimum absolute atomic E-state index is 0.205. The lowest BCUT2D eigenvalue weighted by Gasteiger charge is -2.21. The molecule has 4 nitrogen and oxygen atoms in total. The fourth-order valence-corrected chi connectivity index (χ4v) is 4.25. The van der Waals surface area contributed by atoms with Gasteiger partial charge in [-0.1, -0.05) is 25.4 Å². The fraction of sp³-hybridized carbons (Fsp3) is 0.474. The van der Waals surface area contributed by atoms with E-state index in [0.717, 1.165) is 32.6 Å². The third-order valence-corrected chi connectivity index (χ3v) is 4.83. The number of aromatic nitrogens is 2. The lowest BCUT2D eigenvalue weighted by molar-refractivity contribution is -0.109. The van der Waals surface area contributed by atoms with Gasteiger partial charge in [0.2, 0.25) is 0 Å². The van der Waals surface area contributed by atoms with E-state index in [1.54, 1.807) is 0 Å². The van der Waals surface area contributed by atoms with Crippen molar-refractivity contribution in [2.75, 3.05) is 0 Å². The van der Waals surface area contributed by atoms with E-state index in [4.69, 9.17) is 11.6 Å². The first kappa shape index (κ1) is 20.4. The van der Waals surface area contributed by atoms with Gasteiger partial charge in [-0.05, 0) is 65.6 Å². The van der Waals surface area contributed by atoms with Gasteiger partial charge in [0.25, 0.3) is 0 Å². The number of imidazole rings is 1. The van der Waals surface area contributed by atoms with Crippen LogP contribution in [0, 0.1) is 9.49 Å². The fourth-order valence-electron chi connectivity index (χ4n) is 3.07. The van der Waals surface area contributed by atoms with Crippen LogP contribution in [0.2, 0.25) is 5.02 Å². The second kappa shape index (κ2) is 9.69. The van der Waals surface area contributed by atoms with Crippen LogP contribution in [-0.2, 0) is 17.8 Å². The molecule has 0 amide bonds. The Morgan fingerprint density at radius 3 is 2.72 bits per heavy atom. The van der Waals surface area contributed by atoms with Crippen LogP contribution in [0.15, 0.2) is 30.7 Å². The van der Waals surface area contributed by atoms with Crippen molar-refractivity contribution in [1.82, 2.24) is 14.9 Å². The van der Waals surface area contributed by atoms with Gasteiger partial charge in [0.15, 0.2) is 0 Å². The van der Waals surface area contributed by atoms with Gasteiger partial charge in [-0.3, -0.25) is 0 Å². The molecule has 1 N–H and O–H groups in total. The van der Waals surface area contributed by atoms with Gasteiger partial charge < -0.3 is 14.7 Å². The molecule has 0 saturated heterocycles. The highest BCUT2D eigenvalue weighted by Gasteiger charge is 2.15. The number of carbonyl (C=O) groups is 1. The SMILES string of the molecule is CC(C)C[C@@H](C)N[C@H](C=O)Cc1cncn1Cc1cc(Cl)cc(I)c1. The minimum atomic E-state index is -0.205. The highest BCUT2D eigenvalue weighted by atomic mass is 127. The molecule has 1 aromatic carbocycles. The van der Waals surface area contributed by atoms with Crippen LogP contribution in [0.5, 0.6) is 0 Å². The van der Waals surface area contributed by atoms with E-state index in [2.05, 4.69) is 64.3 Å². The Morgan fingerprint density at radius 1 is 1.32 bits per heavy atom. The number of carbonyl (C=O) groups excluding carboxylic acids is 1. The third kappa shape index (κ3) is 6.72. The molecule has 0 spiro atoms. The summed E-state index contributed by atoms with van der Waals surface area (Å²) < 4.78 is 3.18. The van der Waals surface area contributed by atoms with Crippen LogP contribution in [0.25, 0.3) is 0 Å². The van der Waals surface area contributed by atoms with E-state index in [-0.39, 0.29) is 6.04 Å². The molecule has 0 fully saturated rings. The molecule has 1 aromatic heterocycles. The summed E-state index contributed by atoms with van der Waals surface area (Å²) in [7, 11) is 0. The highest BCUT2D eigenvalue weighted by Crippen LogP contribution is 2.18. The standard InChI is InChI=1S/C19H25ClIN3O/c1-13(2)4-14(3)23-18(11-25)8-19-9-22-12-24(19)10-15-5-16(20)7-17(21)6-15/h5-7,9,11-14,18,23H,4,8,10H2,1-3H3/t14-,18+/m1/s1. The van der Waals surface area contributed by atoms with Gasteiger partial charge in [0.05, 0.1) is 12.4 Å². The van der Waals surface area contributed by atoms with Gasteiger partial charge in [-0.2, -0.15) is 0 Å². The maximum atomic E-state index is 11.5. The molecule has 1 heterocycles. The molecule has 0 bridgehead atoms. The Hall–Kier alpha value is -0.920. The number of benzene rings is 1. The average molecular weight is 474 g/mol. The molecule has 0 aliphatic rings. The lowest BCUT2D eigenvalue weighted by Crippen LogP contribution is -2.40. The Morgan fingerprint density at radius 2 is 2.08 bits per heavy atom. The largest absolute Gasteiger partial charge is 0.330 e. The number of halogens is 2. The molecule has 0 aliphatic carbocycles. The van der Waals surface area contributed by atoms with Crippen molar-refractivity contribution in [2.45, 2.75) is 52.2 Å². The Balaban J connectivity index is 2.05. The number of hydrogen-bond acceptors (Lipinski definition) is 3. The number of nitrogens with zero attached hydrogens (tertiary/aromatic N) is 2. The van der Waals surface area contributed by atoms with Gasteiger partial charge in [0, 0.05) is 39.5 Å². The predicted molar refractivity (Wildman–Crippen MR) is 111 cm³/mol. The monoisotopic (exact) mass is 473 g/mol. The Kier molecular flexibility index (Phi) is 7.90. The summed E-state index contributed by atoms with van der Waals surface area (Å²) in [6.45, 7) is 7.20. The summed E-state index contributed by atoms with van der Waals surface area (Å²) in [6.07, 6.45) is 6.31. The second-order valence-electron chi connectivity index (χ2n) is 6.93. The Bertz CT molecular complexity index is 681. The molecule has 2 atom stereocenters. The second-order valence-corrected chi connectivity index (χ2v) is 8.62. The van der Waals surface area contributed by atoms with Gasteiger partial charge >= 0.3 is 0 Å². The zero-order chi connectivity index (χ0) is 18.4. The normalized spacial score (nSPS) is 13.8. The zero-order valence-electron chi connectivity index (χ0n) is 14.9. The predicted octanol–water partition coefficient (Wildman–Crippen LogP) is 4.32. The molecule has 25 heavy (non-hydrogen) atoms. The Labute approximate surface area is 168 Å². The van der Waals surface area contributed by atoms with Crippen LogP contribution in [0.3, 0.4) is 0 Å². The van der Waals surface area contributed by atoms with Crippen LogP contribution >= 0.6 is 34.2 Å². The third-order valence-electron chi connectivity index (χ3n) is 3.99. The van der Waals surface area contributed by atoms with E-state index >= 15 is 0 Å². The molecular weight excluding hydrogens is 449 g/mol. The van der Waals surface area contributed by atoms with Crippen LogP contribution in [-0.4, -0.2) is 27.9 Å². The van der Waals surface area contributed by atoms with E-state index in [1.807, 2.05) is 24.7 Å². The smallest absolute Gasteiger partial charge is 0.137 e. The van der Waals surface area contributed by atoms with Crippen LogP contribution < -0.4 is 5.32 Å².